The van der Waals surface area contributed by atoms with Crippen LogP contribution in [0.2, 0.25) is 0 Å². The number of aryl methyl sites for hydroxylation is 2. The van der Waals surface area contributed by atoms with Crippen molar-refractivity contribution in [2.45, 2.75) is 45.6 Å². The molecule has 2 aliphatic rings. The second-order valence-corrected chi connectivity index (χ2v) is 9.21. The molecule has 0 saturated carbocycles. The number of aromatic nitrogens is 4. The number of ether oxygens (including phenoxy) is 1. The lowest BCUT2D eigenvalue weighted by Crippen LogP contribution is -2.37. The van der Waals surface area contributed by atoms with Crippen LogP contribution in [0.1, 0.15) is 54.7 Å². The van der Waals surface area contributed by atoms with E-state index in [4.69, 9.17) is 14.2 Å². The fourth-order valence-corrected chi connectivity index (χ4v) is 5.47. The Kier molecular flexibility index (Phi) is 4.90. The van der Waals surface area contributed by atoms with E-state index in [2.05, 4.69) is 26.8 Å². The van der Waals surface area contributed by atoms with Gasteiger partial charge in [0.2, 0.25) is 5.91 Å². The number of pyridine rings is 1. The fourth-order valence-electron chi connectivity index (χ4n) is 5.47. The molecule has 4 aromatic rings. The average molecular weight is 458 g/mol. The monoisotopic (exact) mass is 457 g/mol. The summed E-state index contributed by atoms with van der Waals surface area (Å²) >= 11 is 0. The third-order valence-corrected chi connectivity index (χ3v) is 7.17. The smallest absolute Gasteiger partial charge is 0.219 e. The van der Waals surface area contributed by atoms with E-state index in [1.807, 2.05) is 43.1 Å². The Morgan fingerprint density at radius 3 is 2.62 bits per heavy atom. The van der Waals surface area contributed by atoms with Crippen molar-refractivity contribution in [3.63, 3.8) is 0 Å². The van der Waals surface area contributed by atoms with Crippen LogP contribution < -0.4 is 4.74 Å². The van der Waals surface area contributed by atoms with Gasteiger partial charge in [-0.05, 0) is 51.0 Å². The molecule has 0 N–H and O–H groups in total. The van der Waals surface area contributed by atoms with Gasteiger partial charge in [0, 0.05) is 37.7 Å². The minimum absolute atomic E-state index is 0.0699. The Balaban J connectivity index is 1.54. The van der Waals surface area contributed by atoms with Crippen LogP contribution in [0.5, 0.6) is 5.75 Å². The topological polar surface area (TPSA) is 86.3 Å². The van der Waals surface area contributed by atoms with Crippen molar-refractivity contribution in [2.75, 3.05) is 19.7 Å². The summed E-state index contributed by atoms with van der Waals surface area (Å²) in [6, 6.07) is 10.0. The molecular weight excluding hydrogens is 430 g/mol. The van der Waals surface area contributed by atoms with Crippen LogP contribution in [0.15, 0.2) is 41.1 Å². The third-order valence-electron chi connectivity index (χ3n) is 7.17. The molecule has 0 bridgehead atoms. The van der Waals surface area contributed by atoms with Crippen molar-refractivity contribution in [1.82, 2.24) is 24.6 Å². The van der Waals surface area contributed by atoms with Crippen LogP contribution in [0.4, 0.5) is 0 Å². The minimum atomic E-state index is -0.0699. The number of benzene rings is 1. The summed E-state index contributed by atoms with van der Waals surface area (Å²) in [4.78, 5) is 23.6. The van der Waals surface area contributed by atoms with Gasteiger partial charge < -0.3 is 18.7 Å². The van der Waals surface area contributed by atoms with Crippen LogP contribution in [0.25, 0.3) is 22.2 Å². The average Bonchev–Trinajstić information content (AvgIpc) is 3.41. The zero-order valence-electron chi connectivity index (χ0n) is 19.6. The molecule has 3 aromatic heterocycles. The summed E-state index contributed by atoms with van der Waals surface area (Å²) < 4.78 is 14.3. The zero-order chi connectivity index (χ0) is 23.4. The van der Waals surface area contributed by atoms with E-state index >= 15 is 0 Å². The fraction of sp³-hybridized carbons (Fsp3) is 0.385. The first-order valence-electron chi connectivity index (χ1n) is 11.8. The molecule has 34 heavy (non-hydrogen) atoms. The van der Waals surface area contributed by atoms with Gasteiger partial charge >= 0.3 is 0 Å². The normalized spacial score (nSPS) is 18.3. The molecule has 0 unspecified atom stereocenters. The molecule has 1 fully saturated rings. The van der Waals surface area contributed by atoms with E-state index in [-0.39, 0.29) is 17.9 Å². The summed E-state index contributed by atoms with van der Waals surface area (Å²) in [7, 11) is 0. The van der Waals surface area contributed by atoms with Crippen LogP contribution in [0, 0.1) is 13.8 Å². The Hall–Kier alpha value is -3.68. The maximum absolute atomic E-state index is 11.9. The predicted octanol–water partition coefficient (Wildman–Crippen LogP) is 4.41. The first-order valence-corrected chi connectivity index (χ1v) is 11.8. The Morgan fingerprint density at radius 1 is 1.12 bits per heavy atom. The number of nitrogens with zero attached hydrogens (tertiary/aromatic N) is 5. The van der Waals surface area contributed by atoms with Gasteiger partial charge in [0.1, 0.15) is 29.8 Å². The number of carbonyl (C=O) groups excluding carboxylic acids is 1. The van der Waals surface area contributed by atoms with E-state index in [1.54, 1.807) is 6.92 Å². The zero-order valence-corrected chi connectivity index (χ0v) is 19.6. The number of rotatable bonds is 3. The summed E-state index contributed by atoms with van der Waals surface area (Å²) in [5.41, 5.74) is 5.64. The number of hydrogen-bond acceptors (Lipinski definition) is 6. The van der Waals surface area contributed by atoms with Gasteiger partial charge in [-0.3, -0.25) is 9.78 Å². The highest BCUT2D eigenvalue weighted by atomic mass is 16.5. The molecule has 0 aliphatic carbocycles. The highest BCUT2D eigenvalue weighted by molar-refractivity contribution is 5.93. The van der Waals surface area contributed by atoms with Gasteiger partial charge in [-0.1, -0.05) is 11.2 Å². The van der Waals surface area contributed by atoms with Gasteiger partial charge in [0.25, 0.3) is 0 Å². The lowest BCUT2D eigenvalue weighted by Gasteiger charge is -2.33. The number of hydrogen-bond donors (Lipinski definition) is 0. The van der Waals surface area contributed by atoms with Crippen LogP contribution in [-0.2, 0) is 4.79 Å². The molecule has 1 atom stereocenters. The number of piperidine rings is 1. The van der Waals surface area contributed by atoms with Gasteiger partial charge in [0.05, 0.1) is 22.5 Å². The van der Waals surface area contributed by atoms with Crippen molar-refractivity contribution >= 4 is 16.9 Å². The minimum Gasteiger partial charge on any atom is -0.488 e. The van der Waals surface area contributed by atoms with E-state index in [0.29, 0.717) is 6.61 Å². The summed E-state index contributed by atoms with van der Waals surface area (Å²) in [6.45, 7) is 7.50. The molecule has 0 radical (unpaired) electrons. The highest BCUT2D eigenvalue weighted by Gasteiger charge is 2.35. The molecule has 1 aromatic carbocycles. The molecule has 1 saturated heterocycles. The number of carbonyl (C=O) groups is 1. The molecule has 1 amide bonds. The largest absolute Gasteiger partial charge is 0.488 e. The summed E-state index contributed by atoms with van der Waals surface area (Å²) in [6.07, 6.45) is 3.61. The number of imidazole rings is 1. The Bertz CT molecular complexity index is 1360. The SMILES string of the molecule is CC(=O)N1CCC(c2nc3ccc(-c4c(C)noc4C)c4c3n2[C@@H](c2ccccn2)CO4)CC1. The van der Waals surface area contributed by atoms with E-state index < -0.39 is 0 Å². The van der Waals surface area contributed by atoms with Gasteiger partial charge in [0.15, 0.2) is 5.75 Å². The predicted molar refractivity (Wildman–Crippen MR) is 127 cm³/mol. The standard InChI is InChI=1S/C26H27N5O3/c1-15-23(16(2)34-29-15)19-7-8-21-24-25(19)33-14-22(20-6-4-5-11-27-20)31(24)26(28-21)18-9-12-30(13-10-18)17(3)32/h4-8,11,18,22H,9-10,12-14H2,1-3H3/t22-/m1/s1. The molecule has 174 valence electrons. The molecule has 8 heteroatoms. The van der Waals surface area contributed by atoms with Crippen LogP contribution >= 0.6 is 0 Å². The van der Waals surface area contributed by atoms with Gasteiger partial charge in [-0.2, -0.15) is 0 Å². The van der Waals surface area contributed by atoms with Crippen LogP contribution in [-0.4, -0.2) is 50.2 Å². The summed E-state index contributed by atoms with van der Waals surface area (Å²) in [5.74, 6) is 3.04. The third kappa shape index (κ3) is 3.20. The molecular formula is C26H27N5O3. The van der Waals surface area contributed by atoms with Crippen molar-refractivity contribution < 1.29 is 14.1 Å². The first kappa shape index (κ1) is 20.9. The first-order chi connectivity index (χ1) is 16.5. The maximum Gasteiger partial charge on any atom is 0.219 e. The van der Waals surface area contributed by atoms with E-state index in [0.717, 1.165) is 76.8 Å². The van der Waals surface area contributed by atoms with Crippen molar-refractivity contribution in [1.29, 1.82) is 0 Å². The van der Waals surface area contributed by atoms with Crippen molar-refractivity contribution in [3.05, 3.63) is 59.5 Å². The highest BCUT2D eigenvalue weighted by Crippen LogP contribution is 2.46. The Labute approximate surface area is 197 Å². The Morgan fingerprint density at radius 2 is 1.94 bits per heavy atom. The maximum atomic E-state index is 11.9. The van der Waals surface area contributed by atoms with Crippen LogP contribution in [0.3, 0.4) is 0 Å². The van der Waals surface area contributed by atoms with E-state index in [1.165, 1.54) is 0 Å². The van der Waals surface area contributed by atoms with Crippen molar-refractivity contribution in [2.24, 2.45) is 0 Å². The molecule has 5 heterocycles. The number of amides is 1. The lowest BCUT2D eigenvalue weighted by atomic mass is 9.95. The van der Waals surface area contributed by atoms with Crippen molar-refractivity contribution in [3.8, 4) is 16.9 Å². The molecule has 2 aliphatic heterocycles. The lowest BCUT2D eigenvalue weighted by molar-refractivity contribution is -0.129. The van der Waals surface area contributed by atoms with Gasteiger partial charge in [-0.25, -0.2) is 4.98 Å². The van der Waals surface area contributed by atoms with E-state index in [9.17, 15) is 4.79 Å². The van der Waals surface area contributed by atoms with Gasteiger partial charge in [-0.15, -0.1) is 0 Å². The molecule has 0 spiro atoms. The molecule has 8 nitrogen and oxygen atoms in total. The molecule has 6 rings (SSSR count). The quantitative estimate of drug-likeness (QED) is 0.453. The summed E-state index contributed by atoms with van der Waals surface area (Å²) in [5, 5.41) is 4.16. The second-order valence-electron chi connectivity index (χ2n) is 9.21. The second kappa shape index (κ2) is 7.97. The number of likely N-dealkylation sites (tertiary alicyclic amines) is 1.